The van der Waals surface area contributed by atoms with Crippen molar-refractivity contribution >= 4 is 44.8 Å². The van der Waals surface area contributed by atoms with Crippen LogP contribution in [0.3, 0.4) is 0 Å². The van der Waals surface area contributed by atoms with E-state index in [4.69, 9.17) is 44.9 Å². The van der Waals surface area contributed by atoms with Crippen molar-refractivity contribution in [1.29, 1.82) is 0 Å². The van der Waals surface area contributed by atoms with E-state index in [1.807, 2.05) is 109 Å². The number of hydrogen-bond donors (Lipinski definition) is 4. The summed E-state index contributed by atoms with van der Waals surface area (Å²) >= 11 is 3.32. The number of aliphatic hydroxyl groups excluding tert-OH is 2. The van der Waals surface area contributed by atoms with Gasteiger partial charge in [0, 0.05) is 66.3 Å². The zero-order valence-corrected chi connectivity index (χ0v) is 39.1. The number of ether oxygens (including phenoxy) is 4. The minimum Gasteiger partial charge on any atom is -0.400 e. The average molecular weight is 867 g/mol. The number of fused-ring (bicyclic) bond motifs is 2. The van der Waals surface area contributed by atoms with Gasteiger partial charge in [0.1, 0.15) is 23.0 Å². The Labute approximate surface area is 358 Å². The summed E-state index contributed by atoms with van der Waals surface area (Å²) in [7, 11) is 8.86. The van der Waals surface area contributed by atoms with Gasteiger partial charge in [0.25, 0.3) is 0 Å². The fourth-order valence-electron chi connectivity index (χ4n) is 7.08. The van der Waals surface area contributed by atoms with Gasteiger partial charge in [-0.15, -0.1) is 0 Å². The highest BCUT2D eigenvalue weighted by Gasteiger charge is 2.51. The van der Waals surface area contributed by atoms with Crippen molar-refractivity contribution in [3.05, 3.63) is 71.8 Å². The third kappa shape index (κ3) is 13.5. The molecule has 0 spiro atoms. The van der Waals surface area contributed by atoms with Crippen molar-refractivity contribution in [2.24, 2.45) is 27.6 Å². The van der Waals surface area contributed by atoms with Crippen LogP contribution in [0.15, 0.2) is 70.6 Å². The molecule has 328 valence electrons. The molecule has 0 bridgehead atoms. The molecule has 0 saturated carbocycles. The lowest BCUT2D eigenvalue weighted by Gasteiger charge is -2.44. The number of benzene rings is 2. The molecule has 2 saturated heterocycles. The maximum atomic E-state index is 12.7. The van der Waals surface area contributed by atoms with Gasteiger partial charge in [0.15, 0.2) is 10.3 Å². The van der Waals surface area contributed by atoms with Crippen LogP contribution in [0.4, 0.5) is 0 Å². The van der Waals surface area contributed by atoms with Gasteiger partial charge in [-0.3, -0.25) is 9.98 Å². The molecule has 16 heteroatoms. The Morgan fingerprint density at radius 1 is 0.759 bits per heavy atom. The van der Waals surface area contributed by atoms with E-state index in [1.165, 1.54) is 5.56 Å². The Balaban J connectivity index is 0.000000291. The Morgan fingerprint density at radius 2 is 1.14 bits per heavy atom. The van der Waals surface area contributed by atoms with Crippen LogP contribution >= 0.6 is 23.5 Å². The molecule has 2 aromatic rings. The van der Waals surface area contributed by atoms with Gasteiger partial charge in [0.2, 0.25) is 0 Å². The predicted molar refractivity (Wildman–Crippen MR) is 241 cm³/mol. The van der Waals surface area contributed by atoms with E-state index < -0.39 is 11.0 Å². The third-order valence-electron chi connectivity index (χ3n) is 10.0. The fourth-order valence-corrected chi connectivity index (χ4v) is 10.2. The number of nitrogens with two attached hydrogens (primary N) is 1. The molecule has 0 aliphatic carbocycles. The molecule has 58 heavy (non-hydrogen) atoms. The van der Waals surface area contributed by atoms with E-state index in [2.05, 4.69) is 42.8 Å². The molecule has 0 radical (unpaired) electrons. The highest BCUT2D eigenvalue weighted by atomic mass is 32.2. The predicted octanol–water partition coefficient (Wildman–Crippen LogP) is 4.94. The molecule has 4 aliphatic heterocycles. The number of aliphatic hydroxyl groups is 2. The van der Waals surface area contributed by atoms with E-state index in [0.717, 1.165) is 30.1 Å². The van der Waals surface area contributed by atoms with Crippen molar-refractivity contribution in [3.8, 4) is 0 Å². The lowest BCUT2D eigenvalue weighted by atomic mass is 9.87. The standard InChI is InChI=1S/C22H35N3O3S2.C18H27N3O2S.2CH4O/c1-14-18(15(2)24-30(26)22(3,4)5)28-20-17(23-21(29-20)25(6)7)19(14)27-13-16-11-9-8-10-12-16;1-11-15(12(2)19)23-17-14(20-18(24-17)21(3)4)16(11)22-10-13-8-6-5-7-9-13;2*1-2/h8-12,14-15,17-20,24H,13H2,1-7H3;5-9,11-12,14-17H,10,19H2,1-4H3;2*2H,1H3/t14-,15?,17-,18+,19+,20-,30?;11-,12?,14-,15+,16+,17-;;/m11../s1. The van der Waals surface area contributed by atoms with E-state index in [9.17, 15) is 4.21 Å². The molecular weight excluding hydrogens is 797 g/mol. The summed E-state index contributed by atoms with van der Waals surface area (Å²) in [5.74, 6) is 0.293. The maximum Gasteiger partial charge on any atom is 0.161 e. The van der Waals surface area contributed by atoms with Crippen molar-refractivity contribution < 1.29 is 33.4 Å². The van der Waals surface area contributed by atoms with Crippen molar-refractivity contribution in [3.63, 3.8) is 0 Å². The number of thioether (sulfide) groups is 2. The van der Waals surface area contributed by atoms with Crippen LogP contribution in [-0.4, -0.2) is 141 Å². The number of amidine groups is 2. The number of nitrogens with one attached hydrogen (secondary N) is 1. The SMILES string of the molecule is CC(N)[C@H]1O[C@@H]2SC(N(C)C)=N[C@@H]2[C@@H](OCc2ccccc2)[C@@H]1C.CC(NS(=O)C(C)(C)C)[C@H]1O[C@@H]2SC(N(C)C)=N[C@@H]2[C@@H](OCc2ccccc2)[C@@H]1C.CO.CO. The molecule has 0 aromatic heterocycles. The molecule has 3 unspecified atom stereocenters. The monoisotopic (exact) mass is 866 g/mol. The maximum absolute atomic E-state index is 12.7. The first kappa shape index (κ1) is 50.3. The first-order chi connectivity index (χ1) is 27.5. The number of rotatable bonds is 10. The second-order valence-corrected chi connectivity index (χ2v) is 20.3. The number of nitrogens with zero attached hydrogens (tertiary/aromatic N) is 4. The number of aliphatic imine (C=N–C) groups is 2. The molecular formula is C42H70N6O7S3. The fraction of sp³-hybridized carbons (Fsp3) is 0.667. The van der Waals surface area contributed by atoms with Crippen LogP contribution in [0.5, 0.6) is 0 Å². The molecule has 13 nitrogen and oxygen atoms in total. The third-order valence-corrected chi connectivity index (χ3v) is 14.3. The highest BCUT2D eigenvalue weighted by Crippen LogP contribution is 2.43. The average Bonchev–Trinajstić information content (AvgIpc) is 3.84. The molecule has 0 amide bonds. The normalized spacial score (nSPS) is 30.2. The first-order valence-electron chi connectivity index (χ1n) is 19.8. The van der Waals surface area contributed by atoms with E-state index >= 15 is 0 Å². The van der Waals surface area contributed by atoms with Gasteiger partial charge in [0.05, 0.1) is 53.4 Å². The van der Waals surface area contributed by atoms with Crippen molar-refractivity contribution in [1.82, 2.24) is 14.5 Å². The second kappa shape index (κ2) is 23.8. The topological polar surface area (TPSA) is 164 Å². The van der Waals surface area contributed by atoms with Crippen LogP contribution in [0.1, 0.15) is 59.6 Å². The Hall–Kier alpha value is -2.09. The van der Waals surface area contributed by atoms with Gasteiger partial charge in [-0.1, -0.05) is 98.0 Å². The zero-order valence-electron chi connectivity index (χ0n) is 36.6. The van der Waals surface area contributed by atoms with E-state index in [0.29, 0.717) is 13.2 Å². The van der Waals surface area contributed by atoms with Crippen LogP contribution in [0, 0.1) is 11.8 Å². The summed E-state index contributed by atoms with van der Waals surface area (Å²) in [5, 5.41) is 16.0. The minimum absolute atomic E-state index is 0.00454. The van der Waals surface area contributed by atoms with Gasteiger partial charge in [-0.05, 0) is 45.7 Å². The Kier molecular flexibility index (Phi) is 20.6. The molecule has 2 fully saturated rings. The van der Waals surface area contributed by atoms with Crippen LogP contribution < -0.4 is 10.5 Å². The van der Waals surface area contributed by atoms with Gasteiger partial charge in [-0.25, -0.2) is 8.93 Å². The van der Waals surface area contributed by atoms with Gasteiger partial charge in [-0.2, -0.15) is 0 Å². The Morgan fingerprint density at radius 3 is 1.50 bits per heavy atom. The van der Waals surface area contributed by atoms with Crippen LogP contribution in [-0.2, 0) is 43.1 Å². The van der Waals surface area contributed by atoms with Gasteiger partial charge >= 0.3 is 0 Å². The zero-order chi connectivity index (χ0) is 43.3. The van der Waals surface area contributed by atoms with E-state index in [1.54, 1.807) is 23.5 Å². The summed E-state index contributed by atoms with van der Waals surface area (Å²) in [6.45, 7) is 15.4. The van der Waals surface area contributed by atoms with Gasteiger partial charge < -0.3 is 44.7 Å². The van der Waals surface area contributed by atoms with Crippen molar-refractivity contribution in [2.45, 2.75) is 126 Å². The largest absolute Gasteiger partial charge is 0.400 e. The minimum atomic E-state index is -1.16. The summed E-state index contributed by atoms with van der Waals surface area (Å²) in [6, 6.07) is 20.3. The highest BCUT2D eigenvalue weighted by molar-refractivity contribution is 8.14. The molecule has 5 N–H and O–H groups in total. The molecule has 4 heterocycles. The second-order valence-electron chi connectivity index (χ2n) is 16.2. The molecule has 6 rings (SSSR count). The quantitative estimate of drug-likeness (QED) is 0.255. The lowest BCUT2D eigenvalue weighted by molar-refractivity contribution is -0.142. The smallest absolute Gasteiger partial charge is 0.161 e. The molecule has 2 aromatic carbocycles. The summed E-state index contributed by atoms with van der Waals surface area (Å²) < 4.78 is 41.1. The lowest BCUT2D eigenvalue weighted by Crippen LogP contribution is -2.58. The first-order valence-corrected chi connectivity index (χ1v) is 22.7. The van der Waals surface area contributed by atoms with Crippen LogP contribution in [0.2, 0.25) is 0 Å². The summed E-state index contributed by atoms with van der Waals surface area (Å²) in [5.41, 5.74) is 8.37. The summed E-state index contributed by atoms with van der Waals surface area (Å²) in [4.78, 5) is 13.8. The van der Waals surface area contributed by atoms with Crippen LogP contribution in [0.25, 0.3) is 0 Å². The van der Waals surface area contributed by atoms with Crippen molar-refractivity contribution in [2.75, 3.05) is 42.4 Å². The Bertz CT molecular complexity index is 1580. The summed E-state index contributed by atoms with van der Waals surface area (Å²) in [6.07, 6.45) is -0.213. The molecule has 13 atom stereocenters. The molecule has 4 aliphatic rings. The van der Waals surface area contributed by atoms with E-state index in [-0.39, 0.29) is 76.0 Å². The number of hydrogen-bond acceptors (Lipinski definition) is 14.